The summed E-state index contributed by atoms with van der Waals surface area (Å²) in [7, 11) is 1.42. The third-order valence-corrected chi connectivity index (χ3v) is 4.33. The Morgan fingerprint density at radius 1 is 1.39 bits per heavy atom. The highest BCUT2D eigenvalue weighted by Gasteiger charge is 2.31. The molecule has 0 aromatic carbocycles. The second-order valence-electron chi connectivity index (χ2n) is 5.56. The van der Waals surface area contributed by atoms with Gasteiger partial charge in [-0.05, 0) is 55.6 Å². The molecule has 2 aliphatic rings. The first-order chi connectivity index (χ1) is 8.54. The fourth-order valence-electron chi connectivity index (χ4n) is 3.17. The summed E-state index contributed by atoms with van der Waals surface area (Å²) in [6.07, 6.45) is 6.75. The molecule has 0 aromatic rings. The summed E-state index contributed by atoms with van der Waals surface area (Å²) in [6.45, 7) is 8.41. The van der Waals surface area contributed by atoms with Gasteiger partial charge in [-0.15, -0.1) is 0 Å². The number of hydrogen-bond donors (Lipinski definition) is 0. The van der Waals surface area contributed by atoms with Crippen molar-refractivity contribution in [3.8, 4) is 0 Å². The zero-order valence-electron chi connectivity index (χ0n) is 11.6. The number of allylic oxidation sites excluding steroid dienone is 3. The molecule has 2 rings (SSSR count). The van der Waals surface area contributed by atoms with E-state index in [-0.39, 0.29) is 5.97 Å². The first-order valence-electron chi connectivity index (χ1n) is 6.72. The summed E-state index contributed by atoms with van der Waals surface area (Å²) in [4.78, 5) is 11.7. The minimum atomic E-state index is -0.289. The lowest BCUT2D eigenvalue weighted by Gasteiger charge is -2.36. The van der Waals surface area contributed by atoms with E-state index in [1.165, 1.54) is 31.1 Å². The van der Waals surface area contributed by atoms with Gasteiger partial charge in [0, 0.05) is 0 Å². The van der Waals surface area contributed by atoms with E-state index in [9.17, 15) is 4.79 Å². The molecule has 0 fully saturated rings. The van der Waals surface area contributed by atoms with Crippen molar-refractivity contribution in [2.45, 2.75) is 39.5 Å². The number of carbonyl (C=O) groups excluding carboxylic acids is 1. The van der Waals surface area contributed by atoms with Crippen molar-refractivity contribution in [2.75, 3.05) is 7.11 Å². The van der Waals surface area contributed by atoms with Gasteiger partial charge in [-0.25, -0.2) is 4.79 Å². The number of ether oxygens (including phenoxy) is 1. The van der Waals surface area contributed by atoms with Gasteiger partial charge in [-0.3, -0.25) is 0 Å². The molecule has 2 heteroatoms. The largest absolute Gasteiger partial charge is 0.465 e. The lowest BCUT2D eigenvalue weighted by Crippen LogP contribution is -2.24. The average Bonchev–Trinajstić information content (AvgIpc) is 2.37. The molecule has 0 spiro atoms. The summed E-state index contributed by atoms with van der Waals surface area (Å²) in [5.41, 5.74) is 4.43. The molecule has 0 bridgehead atoms. The number of carbonyl (C=O) groups is 1. The number of fused-ring (bicyclic) bond motifs is 1. The van der Waals surface area contributed by atoms with Crippen LogP contribution in [0.3, 0.4) is 0 Å². The van der Waals surface area contributed by atoms with Crippen molar-refractivity contribution < 1.29 is 9.53 Å². The molecule has 0 radical (unpaired) electrons. The molecule has 0 heterocycles. The standard InChI is InChI=1S/C16H22O2/c1-10-5-7-13-11(2)6-8-14(15(13)9-10)12(3)16(17)18-4/h9,11,13H,3,5-8H2,1-2,4H3/t11-,13+/m1/s1. The number of hydrogen-bond acceptors (Lipinski definition) is 2. The molecule has 2 nitrogen and oxygen atoms in total. The van der Waals surface area contributed by atoms with Gasteiger partial charge in [0.2, 0.25) is 0 Å². The molecular formula is C16H22O2. The first kappa shape index (κ1) is 13.1. The molecule has 0 saturated carbocycles. The molecule has 2 atom stereocenters. The Hall–Kier alpha value is -1.31. The van der Waals surface area contributed by atoms with E-state index in [4.69, 9.17) is 4.74 Å². The third kappa shape index (κ3) is 2.29. The Kier molecular flexibility index (Phi) is 3.74. The van der Waals surface area contributed by atoms with Crippen LogP contribution in [0.4, 0.5) is 0 Å². The van der Waals surface area contributed by atoms with Crippen LogP contribution in [-0.4, -0.2) is 13.1 Å². The van der Waals surface area contributed by atoms with Gasteiger partial charge in [-0.2, -0.15) is 0 Å². The summed E-state index contributed by atoms with van der Waals surface area (Å²) in [5.74, 6) is 1.01. The Morgan fingerprint density at radius 3 is 2.78 bits per heavy atom. The van der Waals surface area contributed by atoms with E-state index in [2.05, 4.69) is 26.5 Å². The molecular weight excluding hydrogens is 224 g/mol. The Balaban J connectivity index is 2.42. The van der Waals surface area contributed by atoms with Crippen molar-refractivity contribution in [1.82, 2.24) is 0 Å². The van der Waals surface area contributed by atoms with Crippen LogP contribution in [0.1, 0.15) is 39.5 Å². The van der Waals surface area contributed by atoms with Crippen LogP contribution in [0.15, 0.2) is 34.9 Å². The van der Waals surface area contributed by atoms with Crippen LogP contribution >= 0.6 is 0 Å². The molecule has 0 aliphatic heterocycles. The average molecular weight is 246 g/mol. The first-order valence-corrected chi connectivity index (χ1v) is 6.72. The summed E-state index contributed by atoms with van der Waals surface area (Å²) >= 11 is 0. The van der Waals surface area contributed by atoms with E-state index in [1.807, 2.05) is 0 Å². The normalized spacial score (nSPS) is 27.4. The smallest absolute Gasteiger partial charge is 0.337 e. The topological polar surface area (TPSA) is 26.3 Å². The van der Waals surface area contributed by atoms with Gasteiger partial charge in [0.25, 0.3) is 0 Å². The molecule has 2 aliphatic carbocycles. The van der Waals surface area contributed by atoms with Crippen molar-refractivity contribution in [1.29, 1.82) is 0 Å². The highest BCUT2D eigenvalue weighted by molar-refractivity contribution is 5.93. The quantitative estimate of drug-likeness (QED) is 0.547. The van der Waals surface area contributed by atoms with Crippen LogP contribution in [0, 0.1) is 11.8 Å². The van der Waals surface area contributed by atoms with Crippen LogP contribution in [0.2, 0.25) is 0 Å². The van der Waals surface area contributed by atoms with Gasteiger partial charge in [-0.1, -0.05) is 25.2 Å². The van der Waals surface area contributed by atoms with E-state index < -0.39 is 0 Å². The van der Waals surface area contributed by atoms with E-state index >= 15 is 0 Å². The van der Waals surface area contributed by atoms with Crippen LogP contribution in [0.5, 0.6) is 0 Å². The maximum Gasteiger partial charge on any atom is 0.337 e. The predicted octanol–water partition coefficient (Wildman–Crippen LogP) is 3.80. The van der Waals surface area contributed by atoms with E-state index in [0.29, 0.717) is 17.4 Å². The van der Waals surface area contributed by atoms with Crippen LogP contribution in [0.25, 0.3) is 0 Å². The molecule has 0 amide bonds. The lowest BCUT2D eigenvalue weighted by molar-refractivity contribution is -0.135. The van der Waals surface area contributed by atoms with Gasteiger partial charge >= 0.3 is 5.97 Å². The SMILES string of the molecule is C=C(C(=O)OC)C1=C2C=C(C)CC[C@H]2[C@H](C)CC1. The minimum absolute atomic E-state index is 0.289. The fraction of sp³-hybridized carbons (Fsp3) is 0.562. The Labute approximate surface area is 109 Å². The third-order valence-electron chi connectivity index (χ3n) is 4.33. The lowest BCUT2D eigenvalue weighted by atomic mass is 9.69. The Morgan fingerprint density at radius 2 is 2.11 bits per heavy atom. The summed E-state index contributed by atoms with van der Waals surface area (Å²) in [6, 6.07) is 0. The number of esters is 1. The maximum atomic E-state index is 11.7. The van der Waals surface area contributed by atoms with Crippen molar-refractivity contribution in [2.24, 2.45) is 11.8 Å². The zero-order valence-corrected chi connectivity index (χ0v) is 11.6. The minimum Gasteiger partial charge on any atom is -0.465 e. The Bertz CT molecular complexity index is 440. The molecule has 0 saturated heterocycles. The van der Waals surface area contributed by atoms with E-state index in [1.54, 1.807) is 0 Å². The van der Waals surface area contributed by atoms with Gasteiger partial charge in [0.05, 0.1) is 12.7 Å². The second kappa shape index (κ2) is 5.13. The van der Waals surface area contributed by atoms with Gasteiger partial charge in [0.15, 0.2) is 0 Å². The number of methoxy groups -OCH3 is 1. The van der Waals surface area contributed by atoms with E-state index in [0.717, 1.165) is 18.4 Å². The number of rotatable bonds is 2. The molecule has 0 N–H and O–H groups in total. The predicted molar refractivity (Wildman–Crippen MR) is 73.1 cm³/mol. The molecule has 98 valence electrons. The van der Waals surface area contributed by atoms with Gasteiger partial charge in [0.1, 0.15) is 0 Å². The summed E-state index contributed by atoms with van der Waals surface area (Å²) < 4.78 is 4.81. The van der Waals surface area contributed by atoms with Crippen molar-refractivity contribution in [3.63, 3.8) is 0 Å². The van der Waals surface area contributed by atoms with Gasteiger partial charge < -0.3 is 4.74 Å². The second-order valence-corrected chi connectivity index (χ2v) is 5.56. The highest BCUT2D eigenvalue weighted by atomic mass is 16.5. The van der Waals surface area contributed by atoms with Crippen LogP contribution < -0.4 is 0 Å². The zero-order chi connectivity index (χ0) is 13.3. The summed E-state index contributed by atoms with van der Waals surface area (Å²) in [5, 5.41) is 0. The highest BCUT2D eigenvalue weighted by Crippen LogP contribution is 2.43. The molecule has 0 aromatic heterocycles. The van der Waals surface area contributed by atoms with Crippen LogP contribution in [-0.2, 0) is 9.53 Å². The van der Waals surface area contributed by atoms with Crippen molar-refractivity contribution in [3.05, 3.63) is 34.9 Å². The molecule has 18 heavy (non-hydrogen) atoms. The monoisotopic (exact) mass is 246 g/mol. The molecule has 0 unspecified atom stereocenters. The van der Waals surface area contributed by atoms with Crippen molar-refractivity contribution >= 4 is 5.97 Å². The maximum absolute atomic E-state index is 11.7. The fourth-order valence-corrected chi connectivity index (χ4v) is 3.17.